The smallest absolute Gasteiger partial charge is 0.162 e. The Kier molecular flexibility index (Phi) is 10.2. The number of hydrogen-bond acceptors (Lipinski definition) is 4. The van der Waals surface area contributed by atoms with Gasteiger partial charge in [-0.3, -0.25) is 9.69 Å². The number of fused-ring (bicyclic) bond motifs is 1. The molecular formula is C24H31Cl2FN2O2. The van der Waals surface area contributed by atoms with Crippen molar-refractivity contribution in [2.45, 2.75) is 38.8 Å². The molecule has 4 nitrogen and oxygen atoms in total. The molecule has 0 aliphatic carbocycles. The average molecular weight is 469 g/mol. The van der Waals surface area contributed by atoms with Crippen molar-refractivity contribution in [3.8, 4) is 5.75 Å². The van der Waals surface area contributed by atoms with Crippen LogP contribution >= 0.6 is 24.8 Å². The molecule has 2 aromatic rings. The molecular weight excluding hydrogens is 438 g/mol. The van der Waals surface area contributed by atoms with Crippen molar-refractivity contribution in [2.75, 3.05) is 26.2 Å². The predicted molar refractivity (Wildman–Crippen MR) is 126 cm³/mol. The number of nitrogens with zero attached hydrogens (tertiary/aromatic N) is 1. The maximum absolute atomic E-state index is 13.2. The van der Waals surface area contributed by atoms with Gasteiger partial charge >= 0.3 is 0 Å². The minimum Gasteiger partial charge on any atom is -0.492 e. The highest BCUT2D eigenvalue weighted by Crippen LogP contribution is 2.27. The van der Waals surface area contributed by atoms with Gasteiger partial charge in [-0.1, -0.05) is 12.1 Å². The van der Waals surface area contributed by atoms with Crippen molar-refractivity contribution in [3.63, 3.8) is 0 Å². The van der Waals surface area contributed by atoms with E-state index in [1.165, 1.54) is 25.0 Å². The van der Waals surface area contributed by atoms with Gasteiger partial charge in [-0.15, -0.1) is 24.8 Å². The van der Waals surface area contributed by atoms with E-state index in [-0.39, 0.29) is 36.4 Å². The zero-order valence-corrected chi connectivity index (χ0v) is 19.3. The van der Waals surface area contributed by atoms with Crippen molar-refractivity contribution >= 4 is 30.6 Å². The summed E-state index contributed by atoms with van der Waals surface area (Å²) in [5, 5.41) is 3.38. The van der Waals surface area contributed by atoms with Crippen LogP contribution in [0.2, 0.25) is 0 Å². The van der Waals surface area contributed by atoms with E-state index in [0.717, 1.165) is 61.6 Å². The highest BCUT2D eigenvalue weighted by atomic mass is 35.5. The topological polar surface area (TPSA) is 41.6 Å². The number of piperidine rings is 1. The summed E-state index contributed by atoms with van der Waals surface area (Å²) in [6, 6.07) is 12.5. The fourth-order valence-electron chi connectivity index (χ4n) is 4.25. The molecule has 7 heteroatoms. The van der Waals surface area contributed by atoms with Gasteiger partial charge in [0.15, 0.2) is 5.78 Å². The van der Waals surface area contributed by atoms with Crippen molar-refractivity contribution < 1.29 is 13.9 Å². The molecule has 0 radical (unpaired) electrons. The van der Waals surface area contributed by atoms with Gasteiger partial charge in [-0.25, -0.2) is 4.39 Å². The van der Waals surface area contributed by atoms with E-state index >= 15 is 0 Å². The first-order valence-electron chi connectivity index (χ1n) is 10.6. The summed E-state index contributed by atoms with van der Waals surface area (Å²) in [5.41, 5.74) is 2.91. The molecule has 4 rings (SSSR count). The van der Waals surface area contributed by atoms with Crippen molar-refractivity contribution in [1.82, 2.24) is 10.2 Å². The second kappa shape index (κ2) is 12.4. The molecule has 0 unspecified atom stereocenters. The molecule has 0 bridgehead atoms. The lowest BCUT2D eigenvalue weighted by Crippen LogP contribution is -2.28. The van der Waals surface area contributed by atoms with E-state index in [9.17, 15) is 9.18 Å². The van der Waals surface area contributed by atoms with Crippen molar-refractivity contribution in [3.05, 3.63) is 65.0 Å². The molecule has 0 spiro atoms. The Morgan fingerprint density at radius 1 is 1.10 bits per heavy atom. The Morgan fingerprint density at radius 3 is 2.58 bits per heavy atom. The first-order valence-corrected chi connectivity index (χ1v) is 10.6. The Hall–Kier alpha value is -1.66. The Bertz CT molecular complexity index is 842. The van der Waals surface area contributed by atoms with Gasteiger partial charge in [0.05, 0.1) is 0 Å². The van der Waals surface area contributed by atoms with Gasteiger partial charge in [0.25, 0.3) is 0 Å². The molecule has 2 heterocycles. The highest BCUT2D eigenvalue weighted by Gasteiger charge is 2.19. The van der Waals surface area contributed by atoms with Crippen molar-refractivity contribution in [1.29, 1.82) is 0 Å². The van der Waals surface area contributed by atoms with Gasteiger partial charge in [-0.05, 0) is 74.2 Å². The number of ether oxygens (including phenoxy) is 1. The Balaban J connectivity index is 0.00000171. The molecule has 0 atom stereocenters. The molecule has 170 valence electrons. The van der Waals surface area contributed by atoms with Crippen molar-refractivity contribution in [2.24, 2.45) is 5.92 Å². The third-order valence-corrected chi connectivity index (χ3v) is 6.00. The van der Waals surface area contributed by atoms with Crippen LogP contribution in [0.25, 0.3) is 0 Å². The third-order valence-electron chi connectivity index (χ3n) is 6.00. The van der Waals surface area contributed by atoms with E-state index in [4.69, 9.17) is 4.74 Å². The maximum Gasteiger partial charge on any atom is 0.162 e. The fourth-order valence-corrected chi connectivity index (χ4v) is 4.25. The molecule has 2 aliphatic heterocycles. The minimum absolute atomic E-state index is 0. The average Bonchev–Trinajstić information content (AvgIpc) is 2.95. The summed E-state index contributed by atoms with van der Waals surface area (Å²) in [6.45, 7) is 5.00. The number of nitrogens with one attached hydrogen (secondary N) is 1. The SMILES string of the molecule is Cl.Cl.O=C(CCC1CCNCC1)c1ccc2c(c1)CN(Cc1ccc(F)cc1)CCO2. The summed E-state index contributed by atoms with van der Waals surface area (Å²) >= 11 is 0. The van der Waals surface area contributed by atoms with E-state index in [1.54, 1.807) is 0 Å². The van der Waals surface area contributed by atoms with Crippen LogP contribution in [0.3, 0.4) is 0 Å². The maximum atomic E-state index is 13.2. The quantitative estimate of drug-likeness (QED) is 0.603. The van der Waals surface area contributed by atoms with Crippen LogP contribution in [0.1, 0.15) is 47.2 Å². The molecule has 0 amide bonds. The van der Waals surface area contributed by atoms with Gasteiger partial charge in [0.2, 0.25) is 0 Å². The number of hydrogen-bond donors (Lipinski definition) is 1. The molecule has 0 aromatic heterocycles. The summed E-state index contributed by atoms with van der Waals surface area (Å²) in [4.78, 5) is 15.0. The predicted octanol–water partition coefficient (Wildman–Crippen LogP) is 5.03. The Labute approximate surface area is 196 Å². The lowest BCUT2D eigenvalue weighted by molar-refractivity contribution is 0.0970. The summed E-state index contributed by atoms with van der Waals surface area (Å²) in [6.07, 6.45) is 3.93. The number of benzene rings is 2. The molecule has 31 heavy (non-hydrogen) atoms. The standard InChI is InChI=1S/C24H29FN2O2.2ClH/c25-22-5-1-19(2-6-22)16-27-13-14-29-24-8-4-20(15-21(24)17-27)23(28)7-3-18-9-11-26-12-10-18;;/h1-2,4-6,8,15,18,26H,3,7,9-14,16-17H2;2*1H. The van der Waals surface area contributed by atoms with Crippen LogP contribution in [-0.2, 0) is 13.1 Å². The fraction of sp³-hybridized carbons (Fsp3) is 0.458. The lowest BCUT2D eigenvalue weighted by Gasteiger charge is -2.22. The molecule has 2 aliphatic rings. The number of ketones is 1. The number of carbonyl (C=O) groups excluding carboxylic acids is 1. The highest BCUT2D eigenvalue weighted by molar-refractivity contribution is 5.96. The lowest BCUT2D eigenvalue weighted by atomic mass is 9.91. The van der Waals surface area contributed by atoms with Gasteiger partial charge < -0.3 is 10.1 Å². The van der Waals surface area contributed by atoms with Crippen LogP contribution in [-0.4, -0.2) is 36.9 Å². The first-order chi connectivity index (χ1) is 14.2. The molecule has 1 N–H and O–H groups in total. The van der Waals surface area contributed by atoms with E-state index in [2.05, 4.69) is 10.2 Å². The number of halogens is 3. The normalized spacial score (nSPS) is 16.8. The molecule has 2 aromatic carbocycles. The summed E-state index contributed by atoms with van der Waals surface area (Å²) in [7, 11) is 0. The largest absolute Gasteiger partial charge is 0.492 e. The van der Waals surface area contributed by atoms with E-state index in [0.29, 0.717) is 18.9 Å². The van der Waals surface area contributed by atoms with E-state index < -0.39 is 0 Å². The van der Waals surface area contributed by atoms with Crippen LogP contribution in [0, 0.1) is 11.7 Å². The second-order valence-corrected chi connectivity index (χ2v) is 8.16. The van der Waals surface area contributed by atoms with Gasteiger partial charge in [0, 0.05) is 37.2 Å². The summed E-state index contributed by atoms with van der Waals surface area (Å²) in [5.74, 6) is 1.53. The molecule has 1 fully saturated rings. The number of carbonyl (C=O) groups is 1. The van der Waals surface area contributed by atoms with Crippen LogP contribution in [0.5, 0.6) is 5.75 Å². The van der Waals surface area contributed by atoms with Crippen LogP contribution < -0.4 is 10.1 Å². The number of rotatable bonds is 6. The van der Waals surface area contributed by atoms with Gasteiger partial charge in [-0.2, -0.15) is 0 Å². The van der Waals surface area contributed by atoms with E-state index in [1.807, 2.05) is 30.3 Å². The van der Waals surface area contributed by atoms with Crippen LogP contribution in [0.15, 0.2) is 42.5 Å². The van der Waals surface area contributed by atoms with Gasteiger partial charge in [0.1, 0.15) is 18.2 Å². The minimum atomic E-state index is -0.217. The monoisotopic (exact) mass is 468 g/mol. The zero-order chi connectivity index (χ0) is 20.1. The van der Waals surface area contributed by atoms with Crippen LogP contribution in [0.4, 0.5) is 4.39 Å². The zero-order valence-electron chi connectivity index (χ0n) is 17.6. The molecule has 0 saturated carbocycles. The summed E-state index contributed by atoms with van der Waals surface area (Å²) < 4.78 is 19.1. The third kappa shape index (κ3) is 7.18. The second-order valence-electron chi connectivity index (χ2n) is 8.16. The molecule has 1 saturated heterocycles. The number of Topliss-reactive ketones (excluding diaryl/α,β-unsaturated/α-hetero) is 1. The first kappa shape index (κ1) is 25.6. The Morgan fingerprint density at radius 2 is 1.84 bits per heavy atom.